The molecule has 0 spiro atoms. The smallest absolute Gasteiger partial charge is 0.321 e. The first-order valence-corrected chi connectivity index (χ1v) is 5.00. The molecule has 0 saturated carbocycles. The fraction of sp³-hybridized carbons (Fsp3) is 0.364. The van der Waals surface area contributed by atoms with E-state index in [2.05, 4.69) is 5.32 Å². The lowest BCUT2D eigenvalue weighted by molar-refractivity contribution is -0.139. The highest BCUT2D eigenvalue weighted by Gasteiger charge is 2.33. The minimum absolute atomic E-state index is 0.373. The van der Waals surface area contributed by atoms with Crippen LogP contribution in [-0.2, 0) is 4.79 Å². The van der Waals surface area contributed by atoms with E-state index in [1.54, 1.807) is 0 Å². The summed E-state index contributed by atoms with van der Waals surface area (Å²) >= 11 is 0. The maximum absolute atomic E-state index is 13.0. The van der Waals surface area contributed by atoms with Crippen molar-refractivity contribution in [2.24, 2.45) is 0 Å². The van der Waals surface area contributed by atoms with Crippen LogP contribution in [0.25, 0.3) is 0 Å². The molecule has 0 aromatic heterocycles. The van der Waals surface area contributed by atoms with Crippen molar-refractivity contribution in [2.45, 2.75) is 18.4 Å². The molecule has 1 aromatic rings. The van der Waals surface area contributed by atoms with Gasteiger partial charge in [0.15, 0.2) is 0 Å². The molecule has 1 saturated heterocycles. The van der Waals surface area contributed by atoms with Crippen molar-refractivity contribution in [3.8, 4) is 0 Å². The Morgan fingerprint density at radius 1 is 1.31 bits per heavy atom. The van der Waals surface area contributed by atoms with Gasteiger partial charge in [0.1, 0.15) is 17.7 Å². The fourth-order valence-electron chi connectivity index (χ4n) is 2.11. The van der Waals surface area contributed by atoms with Gasteiger partial charge >= 0.3 is 5.97 Å². The number of nitrogens with one attached hydrogen (secondary N) is 1. The number of rotatable bonds is 2. The van der Waals surface area contributed by atoms with Crippen molar-refractivity contribution in [1.29, 1.82) is 0 Å². The molecular weight excluding hydrogens is 216 g/mol. The number of benzene rings is 1. The molecule has 86 valence electrons. The molecule has 0 radical (unpaired) electrons. The molecule has 1 fully saturated rings. The summed E-state index contributed by atoms with van der Waals surface area (Å²) in [5.74, 6) is -2.72. The number of aliphatic carboxylic acids is 1. The van der Waals surface area contributed by atoms with Gasteiger partial charge in [0.05, 0.1) is 0 Å². The zero-order valence-corrected chi connectivity index (χ0v) is 8.41. The minimum atomic E-state index is -0.993. The normalized spacial score (nSPS) is 24.6. The zero-order valence-electron chi connectivity index (χ0n) is 8.41. The summed E-state index contributed by atoms with van der Waals surface area (Å²) in [7, 11) is 0. The van der Waals surface area contributed by atoms with Gasteiger partial charge in [-0.2, -0.15) is 0 Å². The molecule has 2 N–H and O–H groups in total. The summed E-state index contributed by atoms with van der Waals surface area (Å²) in [6, 6.07) is 2.40. The second-order valence-corrected chi connectivity index (χ2v) is 3.87. The largest absolute Gasteiger partial charge is 0.480 e. The molecule has 1 heterocycles. The lowest BCUT2D eigenvalue weighted by Gasteiger charge is -2.15. The van der Waals surface area contributed by atoms with Crippen LogP contribution >= 0.6 is 0 Å². The Morgan fingerprint density at radius 3 is 2.50 bits per heavy atom. The van der Waals surface area contributed by atoms with Crippen LogP contribution in [0, 0.1) is 11.6 Å². The van der Waals surface area contributed by atoms with Crippen LogP contribution in [0.4, 0.5) is 8.78 Å². The van der Waals surface area contributed by atoms with E-state index in [0.717, 1.165) is 6.07 Å². The standard InChI is InChI=1S/C11H11F2NO2/c12-7-3-6(4-8(13)5-7)9-1-2-14-10(9)11(15)16/h3-5,9-10,14H,1-2H2,(H,15,16). The Balaban J connectivity index is 2.32. The molecule has 0 aliphatic carbocycles. The number of carboxylic acids is 1. The van der Waals surface area contributed by atoms with E-state index in [-0.39, 0.29) is 5.92 Å². The molecule has 2 rings (SSSR count). The Bertz CT molecular complexity index is 402. The highest BCUT2D eigenvalue weighted by Crippen LogP contribution is 2.28. The summed E-state index contributed by atoms with van der Waals surface area (Å²) < 4.78 is 26.0. The molecule has 5 heteroatoms. The monoisotopic (exact) mass is 227 g/mol. The van der Waals surface area contributed by atoms with Gasteiger partial charge in [-0.1, -0.05) is 0 Å². The molecule has 1 aliphatic rings. The van der Waals surface area contributed by atoms with Crippen LogP contribution in [-0.4, -0.2) is 23.7 Å². The molecule has 16 heavy (non-hydrogen) atoms. The van der Waals surface area contributed by atoms with Crippen molar-refractivity contribution >= 4 is 5.97 Å². The summed E-state index contributed by atoms with van der Waals surface area (Å²) in [4.78, 5) is 10.9. The molecule has 1 aromatic carbocycles. The highest BCUT2D eigenvalue weighted by atomic mass is 19.1. The van der Waals surface area contributed by atoms with Crippen LogP contribution in [0.3, 0.4) is 0 Å². The zero-order chi connectivity index (χ0) is 11.7. The topological polar surface area (TPSA) is 49.3 Å². The summed E-state index contributed by atoms with van der Waals surface area (Å²) in [5, 5.41) is 11.7. The fourth-order valence-corrected chi connectivity index (χ4v) is 2.11. The van der Waals surface area contributed by atoms with Gasteiger partial charge in [-0.05, 0) is 30.7 Å². The molecule has 0 amide bonds. The lowest BCUT2D eigenvalue weighted by Crippen LogP contribution is -2.34. The quantitative estimate of drug-likeness (QED) is 0.804. The van der Waals surface area contributed by atoms with E-state index < -0.39 is 23.6 Å². The Labute approximate surface area is 91.1 Å². The lowest BCUT2D eigenvalue weighted by atomic mass is 9.92. The van der Waals surface area contributed by atoms with E-state index in [4.69, 9.17) is 5.11 Å². The molecule has 2 atom stereocenters. The van der Waals surface area contributed by atoms with Gasteiger partial charge in [-0.3, -0.25) is 4.79 Å². The van der Waals surface area contributed by atoms with Crippen molar-refractivity contribution in [1.82, 2.24) is 5.32 Å². The third-order valence-corrected chi connectivity index (χ3v) is 2.80. The van der Waals surface area contributed by atoms with E-state index in [1.165, 1.54) is 12.1 Å². The number of carbonyl (C=O) groups is 1. The average molecular weight is 227 g/mol. The van der Waals surface area contributed by atoms with Gasteiger partial charge in [0.2, 0.25) is 0 Å². The first-order chi connectivity index (χ1) is 7.58. The highest BCUT2D eigenvalue weighted by molar-refractivity contribution is 5.75. The predicted molar refractivity (Wildman–Crippen MR) is 53.1 cm³/mol. The maximum Gasteiger partial charge on any atom is 0.321 e. The van der Waals surface area contributed by atoms with Gasteiger partial charge in [-0.25, -0.2) is 8.78 Å². The van der Waals surface area contributed by atoms with Crippen LogP contribution in [0.2, 0.25) is 0 Å². The van der Waals surface area contributed by atoms with E-state index in [0.29, 0.717) is 18.5 Å². The number of hydrogen-bond acceptors (Lipinski definition) is 2. The first kappa shape index (κ1) is 11.0. The summed E-state index contributed by atoms with van der Waals surface area (Å²) in [5.41, 5.74) is 0.398. The van der Waals surface area contributed by atoms with Crippen molar-refractivity contribution in [2.75, 3.05) is 6.54 Å². The first-order valence-electron chi connectivity index (χ1n) is 5.00. The molecule has 0 bridgehead atoms. The number of hydrogen-bond donors (Lipinski definition) is 2. The second kappa shape index (κ2) is 4.17. The second-order valence-electron chi connectivity index (χ2n) is 3.87. The predicted octanol–water partition coefficient (Wildman–Crippen LogP) is 1.49. The van der Waals surface area contributed by atoms with Crippen LogP contribution in [0.5, 0.6) is 0 Å². The van der Waals surface area contributed by atoms with Crippen molar-refractivity contribution in [3.63, 3.8) is 0 Å². The third-order valence-electron chi connectivity index (χ3n) is 2.80. The molecular formula is C11H11F2NO2. The average Bonchev–Trinajstić information content (AvgIpc) is 2.63. The van der Waals surface area contributed by atoms with E-state index in [1.807, 2.05) is 0 Å². The summed E-state index contributed by atoms with van der Waals surface area (Å²) in [6.07, 6.45) is 0.569. The molecule has 1 aliphatic heterocycles. The SMILES string of the molecule is O=C(O)C1NCCC1c1cc(F)cc(F)c1. The van der Waals surface area contributed by atoms with Gasteiger partial charge in [-0.15, -0.1) is 0 Å². The van der Waals surface area contributed by atoms with Gasteiger partial charge in [0.25, 0.3) is 0 Å². The van der Waals surface area contributed by atoms with Gasteiger partial charge in [0, 0.05) is 12.0 Å². The maximum atomic E-state index is 13.0. The van der Waals surface area contributed by atoms with Gasteiger partial charge < -0.3 is 10.4 Å². The third kappa shape index (κ3) is 2.04. The van der Waals surface area contributed by atoms with Crippen LogP contribution in [0.1, 0.15) is 17.9 Å². The Kier molecular flexibility index (Phi) is 2.87. The van der Waals surface area contributed by atoms with Crippen molar-refractivity contribution < 1.29 is 18.7 Å². The van der Waals surface area contributed by atoms with Crippen molar-refractivity contribution in [3.05, 3.63) is 35.4 Å². The minimum Gasteiger partial charge on any atom is -0.480 e. The number of carboxylic acid groups (broad SMARTS) is 1. The van der Waals surface area contributed by atoms with E-state index in [9.17, 15) is 13.6 Å². The van der Waals surface area contributed by atoms with Crippen LogP contribution < -0.4 is 5.32 Å². The number of halogens is 2. The molecule has 3 nitrogen and oxygen atoms in total. The van der Waals surface area contributed by atoms with E-state index >= 15 is 0 Å². The Hall–Kier alpha value is -1.49. The Morgan fingerprint density at radius 2 is 1.94 bits per heavy atom. The molecule has 2 unspecified atom stereocenters. The summed E-state index contributed by atoms with van der Waals surface area (Å²) in [6.45, 7) is 0.541. The van der Waals surface area contributed by atoms with Crippen LogP contribution in [0.15, 0.2) is 18.2 Å².